The number of nitrogens with zero attached hydrogens (tertiary/aromatic N) is 4. The largest absolute Gasteiger partial charge is 0.416 e. The molecule has 3 heterocycles. The number of piperidine rings is 1. The van der Waals surface area contributed by atoms with Gasteiger partial charge in [0.05, 0.1) is 11.1 Å². The third-order valence-electron chi connectivity index (χ3n) is 7.15. The Morgan fingerprint density at radius 1 is 0.892 bits per heavy atom. The van der Waals surface area contributed by atoms with E-state index in [1.807, 2.05) is 17.0 Å². The van der Waals surface area contributed by atoms with Crippen molar-refractivity contribution in [2.24, 2.45) is 5.92 Å². The first-order chi connectivity index (χ1) is 17.6. The number of halogens is 3. The zero-order valence-electron chi connectivity index (χ0n) is 20.1. The van der Waals surface area contributed by atoms with Crippen LogP contribution < -0.4 is 4.90 Å². The molecule has 196 valence electrons. The quantitative estimate of drug-likeness (QED) is 0.508. The fourth-order valence-corrected chi connectivity index (χ4v) is 6.72. The van der Waals surface area contributed by atoms with Gasteiger partial charge in [0.1, 0.15) is 4.90 Å². The maximum Gasteiger partial charge on any atom is 0.416 e. The summed E-state index contributed by atoms with van der Waals surface area (Å²) >= 11 is 0. The molecule has 0 radical (unpaired) electrons. The number of anilines is 1. The van der Waals surface area contributed by atoms with E-state index in [-0.39, 0.29) is 29.8 Å². The molecular weight excluding hydrogens is 505 g/mol. The molecule has 0 N–H and O–H groups in total. The monoisotopic (exact) mass is 532 g/mol. The number of hydrogen-bond donors (Lipinski definition) is 0. The molecule has 1 amide bonds. The number of amides is 1. The van der Waals surface area contributed by atoms with Gasteiger partial charge in [-0.1, -0.05) is 24.3 Å². The van der Waals surface area contributed by atoms with Crippen LogP contribution in [0.1, 0.15) is 18.4 Å². The number of carbonyl (C=O) groups is 1. The number of pyridine rings is 1. The topological polar surface area (TPSA) is 73.8 Å². The lowest BCUT2D eigenvalue weighted by Crippen LogP contribution is -2.52. The van der Waals surface area contributed by atoms with Gasteiger partial charge in [0, 0.05) is 62.5 Å². The van der Waals surface area contributed by atoms with E-state index in [9.17, 15) is 26.4 Å². The highest BCUT2D eigenvalue weighted by Crippen LogP contribution is 2.32. The summed E-state index contributed by atoms with van der Waals surface area (Å²) in [7, 11) is -3.76. The van der Waals surface area contributed by atoms with E-state index >= 15 is 0 Å². The van der Waals surface area contributed by atoms with Crippen molar-refractivity contribution in [1.29, 1.82) is 0 Å². The zero-order chi connectivity index (χ0) is 26.2. The predicted molar refractivity (Wildman–Crippen MR) is 133 cm³/mol. The fraction of sp³-hybridized carbons (Fsp3) is 0.385. The van der Waals surface area contributed by atoms with Crippen molar-refractivity contribution in [3.63, 3.8) is 0 Å². The average molecular weight is 533 g/mol. The van der Waals surface area contributed by atoms with E-state index in [4.69, 9.17) is 0 Å². The van der Waals surface area contributed by atoms with E-state index in [1.54, 1.807) is 35.4 Å². The Hall–Kier alpha value is -3.18. The van der Waals surface area contributed by atoms with Gasteiger partial charge >= 0.3 is 6.18 Å². The van der Waals surface area contributed by atoms with Gasteiger partial charge < -0.3 is 9.80 Å². The van der Waals surface area contributed by atoms with Gasteiger partial charge in [-0.2, -0.15) is 17.5 Å². The summed E-state index contributed by atoms with van der Waals surface area (Å²) in [6.45, 7) is 2.19. The molecule has 0 aliphatic carbocycles. The molecule has 0 bridgehead atoms. The molecule has 0 spiro atoms. The number of hydrogen-bond acceptors (Lipinski definition) is 5. The minimum Gasteiger partial charge on any atom is -0.368 e. The predicted octanol–water partition coefficient (Wildman–Crippen LogP) is 4.00. The second-order valence-electron chi connectivity index (χ2n) is 9.37. The molecule has 2 saturated heterocycles. The number of alkyl halides is 3. The van der Waals surface area contributed by atoms with Gasteiger partial charge in [0.15, 0.2) is 0 Å². The summed E-state index contributed by atoms with van der Waals surface area (Å²) in [5.74, 6) is -0.301. The minimum absolute atomic E-state index is 0.0208. The summed E-state index contributed by atoms with van der Waals surface area (Å²) in [4.78, 5) is 21.2. The molecule has 2 fully saturated rings. The number of aromatic nitrogens is 1. The number of benzene rings is 2. The molecule has 0 saturated carbocycles. The molecule has 1 aromatic heterocycles. The molecular formula is C26H27F3N4O3S. The average Bonchev–Trinajstić information content (AvgIpc) is 2.92. The summed E-state index contributed by atoms with van der Waals surface area (Å²) in [5, 5.41) is 0.748. The molecule has 37 heavy (non-hydrogen) atoms. The van der Waals surface area contributed by atoms with Crippen LogP contribution >= 0.6 is 0 Å². The first kappa shape index (κ1) is 25.5. The second-order valence-corrected chi connectivity index (χ2v) is 11.3. The lowest BCUT2D eigenvalue weighted by molar-refractivity contribution is -0.137. The van der Waals surface area contributed by atoms with E-state index in [1.165, 1.54) is 10.4 Å². The Morgan fingerprint density at radius 3 is 2.27 bits per heavy atom. The normalized spacial score (nSPS) is 18.4. The Morgan fingerprint density at radius 2 is 1.57 bits per heavy atom. The maximum atomic E-state index is 13.4. The van der Waals surface area contributed by atoms with Crippen molar-refractivity contribution in [3.05, 3.63) is 66.4 Å². The molecule has 0 unspecified atom stereocenters. The molecule has 7 nitrogen and oxygen atoms in total. The van der Waals surface area contributed by atoms with Crippen molar-refractivity contribution in [3.8, 4) is 0 Å². The lowest BCUT2D eigenvalue weighted by atomic mass is 9.96. The van der Waals surface area contributed by atoms with Crippen molar-refractivity contribution >= 4 is 32.5 Å². The standard InChI is InChI=1S/C26H27F3N4O3S/c27-26(28,29)21-6-2-7-22(18-21)31-14-16-32(17-15-31)25(34)20-9-12-33(13-10-20)37(35,36)23-8-1-4-19-5-3-11-30-24(19)23/h1-8,11,18,20H,9-10,12-17H2. The van der Waals surface area contributed by atoms with Crippen LogP contribution in [0.5, 0.6) is 0 Å². The van der Waals surface area contributed by atoms with Gasteiger partial charge in [-0.05, 0) is 43.2 Å². The highest BCUT2D eigenvalue weighted by atomic mass is 32.2. The van der Waals surface area contributed by atoms with E-state index < -0.39 is 21.8 Å². The summed E-state index contributed by atoms with van der Waals surface area (Å²) in [6.07, 6.45) is -1.99. The number of sulfonamides is 1. The highest BCUT2D eigenvalue weighted by molar-refractivity contribution is 7.89. The van der Waals surface area contributed by atoms with E-state index in [0.29, 0.717) is 50.2 Å². The molecule has 11 heteroatoms. The van der Waals surface area contributed by atoms with Crippen LogP contribution in [-0.4, -0.2) is 67.8 Å². The molecule has 2 aromatic carbocycles. The lowest BCUT2D eigenvalue weighted by Gasteiger charge is -2.39. The van der Waals surface area contributed by atoms with Gasteiger partial charge in [0.2, 0.25) is 15.9 Å². The first-order valence-electron chi connectivity index (χ1n) is 12.2. The second kappa shape index (κ2) is 9.94. The third kappa shape index (κ3) is 5.15. The van der Waals surface area contributed by atoms with Crippen LogP contribution in [0.2, 0.25) is 0 Å². The van der Waals surface area contributed by atoms with Crippen molar-refractivity contribution < 1.29 is 26.4 Å². The van der Waals surface area contributed by atoms with Gasteiger partial charge in [-0.15, -0.1) is 0 Å². The minimum atomic E-state index is -4.40. The number of fused-ring (bicyclic) bond motifs is 1. The van der Waals surface area contributed by atoms with Gasteiger partial charge in [0.25, 0.3) is 0 Å². The Labute approximate surface area is 213 Å². The summed E-state index contributed by atoms with van der Waals surface area (Å²) in [5.41, 5.74) is 0.231. The Kier molecular flexibility index (Phi) is 6.84. The van der Waals surface area contributed by atoms with Crippen molar-refractivity contribution in [2.45, 2.75) is 23.9 Å². The van der Waals surface area contributed by atoms with Gasteiger partial charge in [-0.3, -0.25) is 9.78 Å². The molecule has 5 rings (SSSR count). The number of rotatable bonds is 4. The summed E-state index contributed by atoms with van der Waals surface area (Å²) < 4.78 is 67.3. The van der Waals surface area contributed by atoms with Crippen LogP contribution in [0.25, 0.3) is 10.9 Å². The van der Waals surface area contributed by atoms with Crippen molar-refractivity contribution in [2.75, 3.05) is 44.2 Å². The fourth-order valence-electron chi connectivity index (χ4n) is 5.09. The number of para-hydroxylation sites is 1. The molecule has 2 aliphatic heterocycles. The van der Waals surface area contributed by atoms with Crippen LogP contribution in [0, 0.1) is 5.92 Å². The van der Waals surface area contributed by atoms with Crippen LogP contribution in [0.15, 0.2) is 65.7 Å². The zero-order valence-corrected chi connectivity index (χ0v) is 20.9. The summed E-state index contributed by atoms with van der Waals surface area (Å²) in [6, 6.07) is 13.9. The van der Waals surface area contributed by atoms with Crippen LogP contribution in [-0.2, 0) is 21.0 Å². The Balaban J connectivity index is 1.19. The molecule has 3 aromatic rings. The third-order valence-corrected chi connectivity index (χ3v) is 9.08. The Bertz CT molecular complexity index is 1390. The van der Waals surface area contributed by atoms with Gasteiger partial charge in [-0.25, -0.2) is 8.42 Å². The molecule has 2 aliphatic rings. The number of piperazine rings is 1. The van der Waals surface area contributed by atoms with Crippen LogP contribution in [0.4, 0.5) is 18.9 Å². The van der Waals surface area contributed by atoms with E-state index in [2.05, 4.69) is 4.98 Å². The SMILES string of the molecule is O=C(C1CCN(S(=O)(=O)c2cccc3cccnc23)CC1)N1CCN(c2cccc(C(F)(F)F)c2)CC1. The van der Waals surface area contributed by atoms with Crippen LogP contribution in [0.3, 0.4) is 0 Å². The number of carbonyl (C=O) groups excluding carboxylic acids is 1. The van der Waals surface area contributed by atoms with E-state index in [0.717, 1.165) is 17.5 Å². The smallest absolute Gasteiger partial charge is 0.368 e. The first-order valence-corrected chi connectivity index (χ1v) is 13.6. The highest BCUT2D eigenvalue weighted by Gasteiger charge is 2.36. The maximum absolute atomic E-state index is 13.4. The molecule has 0 atom stereocenters. The van der Waals surface area contributed by atoms with Crippen molar-refractivity contribution in [1.82, 2.24) is 14.2 Å².